The van der Waals surface area contributed by atoms with Crippen LogP contribution < -0.4 is 16.2 Å². The van der Waals surface area contributed by atoms with Gasteiger partial charge in [0.15, 0.2) is 0 Å². The summed E-state index contributed by atoms with van der Waals surface area (Å²) >= 11 is 0. The van der Waals surface area contributed by atoms with Crippen LogP contribution in [-0.4, -0.2) is 26.9 Å². The monoisotopic (exact) mass is 271 g/mol. The van der Waals surface area contributed by atoms with Crippen LogP contribution in [0, 0.1) is 0 Å². The average molecular weight is 271 g/mol. The first-order chi connectivity index (χ1) is 8.36. The van der Waals surface area contributed by atoms with E-state index < -0.39 is 15.9 Å². The highest BCUT2D eigenvalue weighted by Crippen LogP contribution is 2.10. The standard InChI is InChI=1S/C11H17N3O3S/c1-2-9(12)7-14-18(16,17)10-5-3-8(4-6-10)11(13)15/h3-6,9,14H,2,7,12H2,1H3,(H2,13,15). The average Bonchev–Trinajstić information content (AvgIpc) is 2.36. The molecule has 0 aliphatic heterocycles. The van der Waals surface area contributed by atoms with E-state index in [9.17, 15) is 13.2 Å². The normalized spacial score (nSPS) is 13.2. The van der Waals surface area contributed by atoms with Gasteiger partial charge in [-0.2, -0.15) is 0 Å². The quantitative estimate of drug-likeness (QED) is 0.664. The molecule has 5 N–H and O–H groups in total. The second-order valence-electron chi connectivity index (χ2n) is 3.91. The number of rotatable bonds is 6. The third-order valence-electron chi connectivity index (χ3n) is 2.51. The molecule has 18 heavy (non-hydrogen) atoms. The van der Waals surface area contributed by atoms with Crippen molar-refractivity contribution in [2.45, 2.75) is 24.3 Å². The molecule has 6 nitrogen and oxygen atoms in total. The van der Waals surface area contributed by atoms with Crippen LogP contribution >= 0.6 is 0 Å². The Morgan fingerprint density at radius 3 is 2.33 bits per heavy atom. The zero-order valence-corrected chi connectivity index (χ0v) is 10.9. The van der Waals surface area contributed by atoms with E-state index in [0.717, 1.165) is 0 Å². The largest absolute Gasteiger partial charge is 0.366 e. The highest BCUT2D eigenvalue weighted by molar-refractivity contribution is 7.89. The minimum Gasteiger partial charge on any atom is -0.366 e. The molecule has 7 heteroatoms. The minimum absolute atomic E-state index is 0.0794. The fourth-order valence-electron chi connectivity index (χ4n) is 1.24. The van der Waals surface area contributed by atoms with E-state index >= 15 is 0 Å². The lowest BCUT2D eigenvalue weighted by Gasteiger charge is -2.11. The van der Waals surface area contributed by atoms with E-state index in [1.54, 1.807) is 0 Å². The van der Waals surface area contributed by atoms with E-state index in [0.29, 0.717) is 6.42 Å². The SMILES string of the molecule is CCC(N)CNS(=O)(=O)c1ccc(C(N)=O)cc1. The van der Waals surface area contributed by atoms with Gasteiger partial charge in [-0.15, -0.1) is 0 Å². The molecular weight excluding hydrogens is 254 g/mol. The van der Waals surface area contributed by atoms with Crippen molar-refractivity contribution in [2.24, 2.45) is 11.5 Å². The zero-order valence-electron chi connectivity index (χ0n) is 10.1. The fraction of sp³-hybridized carbons (Fsp3) is 0.364. The van der Waals surface area contributed by atoms with Crippen LogP contribution in [0.3, 0.4) is 0 Å². The Balaban J connectivity index is 2.82. The summed E-state index contributed by atoms with van der Waals surface area (Å²) < 4.78 is 26.1. The van der Waals surface area contributed by atoms with Gasteiger partial charge in [0, 0.05) is 18.2 Å². The number of nitrogens with one attached hydrogen (secondary N) is 1. The number of carbonyl (C=O) groups excluding carboxylic acids is 1. The number of hydrogen-bond donors (Lipinski definition) is 3. The number of sulfonamides is 1. The maximum Gasteiger partial charge on any atom is 0.248 e. The first kappa shape index (κ1) is 14.6. The molecule has 1 amide bonds. The van der Waals surface area contributed by atoms with Gasteiger partial charge in [0.05, 0.1) is 4.90 Å². The topological polar surface area (TPSA) is 115 Å². The number of amides is 1. The van der Waals surface area contributed by atoms with Gasteiger partial charge in [0.25, 0.3) is 0 Å². The lowest BCUT2D eigenvalue weighted by molar-refractivity contribution is 0.1000. The minimum atomic E-state index is -3.59. The summed E-state index contributed by atoms with van der Waals surface area (Å²) in [6, 6.07) is 5.19. The van der Waals surface area contributed by atoms with Crippen LogP contribution in [0.15, 0.2) is 29.2 Å². The molecule has 0 aromatic heterocycles. The van der Waals surface area contributed by atoms with Gasteiger partial charge >= 0.3 is 0 Å². The van der Waals surface area contributed by atoms with Gasteiger partial charge in [-0.25, -0.2) is 13.1 Å². The van der Waals surface area contributed by atoms with Crippen molar-refractivity contribution < 1.29 is 13.2 Å². The molecule has 0 fully saturated rings. The van der Waals surface area contributed by atoms with E-state index in [1.807, 2.05) is 6.92 Å². The van der Waals surface area contributed by atoms with Crippen LogP contribution in [0.2, 0.25) is 0 Å². The Morgan fingerprint density at radius 2 is 1.89 bits per heavy atom. The van der Waals surface area contributed by atoms with E-state index in [2.05, 4.69) is 4.72 Å². The molecule has 1 aromatic carbocycles. The Labute approximate surface area is 106 Å². The van der Waals surface area contributed by atoms with E-state index in [-0.39, 0.29) is 23.0 Å². The summed E-state index contributed by atoms with van der Waals surface area (Å²) in [5, 5.41) is 0. The summed E-state index contributed by atoms with van der Waals surface area (Å²) in [7, 11) is -3.59. The van der Waals surface area contributed by atoms with E-state index in [4.69, 9.17) is 11.5 Å². The predicted molar refractivity (Wildman–Crippen MR) is 68.4 cm³/mol. The first-order valence-electron chi connectivity index (χ1n) is 5.52. The second-order valence-corrected chi connectivity index (χ2v) is 5.68. The van der Waals surface area contributed by atoms with Crippen LogP contribution in [0.25, 0.3) is 0 Å². The smallest absolute Gasteiger partial charge is 0.248 e. The van der Waals surface area contributed by atoms with Gasteiger partial charge < -0.3 is 11.5 Å². The molecule has 1 rings (SSSR count). The van der Waals surface area contributed by atoms with Crippen molar-refractivity contribution in [1.82, 2.24) is 4.72 Å². The van der Waals surface area contributed by atoms with Crippen molar-refractivity contribution in [2.75, 3.05) is 6.54 Å². The number of hydrogen-bond acceptors (Lipinski definition) is 4. The molecule has 0 bridgehead atoms. The van der Waals surface area contributed by atoms with Crippen molar-refractivity contribution in [3.63, 3.8) is 0 Å². The van der Waals surface area contributed by atoms with Crippen molar-refractivity contribution in [1.29, 1.82) is 0 Å². The maximum absolute atomic E-state index is 11.9. The van der Waals surface area contributed by atoms with Gasteiger partial charge in [-0.1, -0.05) is 6.92 Å². The Bertz CT molecular complexity index is 511. The Kier molecular flexibility index (Phi) is 4.83. The molecule has 1 unspecified atom stereocenters. The zero-order chi connectivity index (χ0) is 13.8. The second kappa shape index (κ2) is 5.94. The number of nitrogens with two attached hydrogens (primary N) is 2. The molecule has 0 heterocycles. The predicted octanol–water partition coefficient (Wildman–Crippen LogP) is -0.199. The number of carbonyl (C=O) groups is 1. The molecule has 0 saturated carbocycles. The molecule has 0 aliphatic carbocycles. The lowest BCUT2D eigenvalue weighted by Crippen LogP contribution is -2.36. The first-order valence-corrected chi connectivity index (χ1v) is 7.00. The lowest BCUT2D eigenvalue weighted by atomic mass is 10.2. The third kappa shape index (κ3) is 3.80. The summed E-state index contributed by atoms with van der Waals surface area (Å²) in [5.74, 6) is -0.597. The van der Waals surface area contributed by atoms with Gasteiger partial charge in [-0.3, -0.25) is 4.79 Å². The van der Waals surface area contributed by atoms with Crippen LogP contribution in [0.5, 0.6) is 0 Å². The van der Waals surface area contributed by atoms with Crippen molar-refractivity contribution in [3.8, 4) is 0 Å². The highest BCUT2D eigenvalue weighted by Gasteiger charge is 2.15. The maximum atomic E-state index is 11.9. The van der Waals surface area contributed by atoms with Crippen molar-refractivity contribution in [3.05, 3.63) is 29.8 Å². The van der Waals surface area contributed by atoms with Gasteiger partial charge in [0.2, 0.25) is 15.9 Å². The third-order valence-corrected chi connectivity index (χ3v) is 3.95. The number of benzene rings is 1. The van der Waals surface area contributed by atoms with Crippen LogP contribution in [0.1, 0.15) is 23.7 Å². The van der Waals surface area contributed by atoms with Gasteiger partial charge in [0.1, 0.15) is 0 Å². The van der Waals surface area contributed by atoms with Crippen molar-refractivity contribution >= 4 is 15.9 Å². The summed E-state index contributed by atoms with van der Waals surface area (Å²) in [6.07, 6.45) is 0.684. The number of primary amides is 1. The molecule has 0 aliphatic rings. The van der Waals surface area contributed by atoms with Gasteiger partial charge in [-0.05, 0) is 30.7 Å². The molecule has 0 saturated heterocycles. The fourth-order valence-corrected chi connectivity index (χ4v) is 2.34. The summed E-state index contributed by atoms with van der Waals surface area (Å²) in [6.45, 7) is 2.05. The molecule has 100 valence electrons. The van der Waals surface area contributed by atoms with Crippen LogP contribution in [-0.2, 0) is 10.0 Å². The van der Waals surface area contributed by atoms with Crippen LogP contribution in [0.4, 0.5) is 0 Å². The molecule has 1 aromatic rings. The molecule has 1 atom stereocenters. The molecule has 0 spiro atoms. The molecule has 0 radical (unpaired) electrons. The summed E-state index contributed by atoms with van der Waals surface area (Å²) in [5.41, 5.74) is 11.0. The highest BCUT2D eigenvalue weighted by atomic mass is 32.2. The Morgan fingerprint density at radius 1 is 1.33 bits per heavy atom. The molecular formula is C11H17N3O3S. The van der Waals surface area contributed by atoms with E-state index in [1.165, 1.54) is 24.3 Å². The summed E-state index contributed by atoms with van der Waals surface area (Å²) in [4.78, 5) is 10.9. The Hall–Kier alpha value is -1.44.